The first-order chi connectivity index (χ1) is 8.70. The summed E-state index contributed by atoms with van der Waals surface area (Å²) in [6, 6.07) is 8.90. The monoisotopic (exact) mass is 264 g/mol. The van der Waals surface area contributed by atoms with Crippen molar-refractivity contribution in [2.75, 3.05) is 12.3 Å². The summed E-state index contributed by atoms with van der Waals surface area (Å²) in [7, 11) is 0. The third-order valence-corrected chi connectivity index (χ3v) is 4.45. The van der Waals surface area contributed by atoms with Crippen molar-refractivity contribution >= 4 is 11.8 Å². The topological polar surface area (TPSA) is 35.8 Å². The SMILES string of the molecule is CCNC(C#N)(CSc1ccc(F)cc1)C1CC1. The van der Waals surface area contributed by atoms with Crippen molar-refractivity contribution in [3.05, 3.63) is 30.1 Å². The van der Waals surface area contributed by atoms with Crippen molar-refractivity contribution in [2.45, 2.75) is 30.2 Å². The van der Waals surface area contributed by atoms with Crippen LogP contribution in [0.15, 0.2) is 29.2 Å². The molecule has 0 aromatic heterocycles. The largest absolute Gasteiger partial charge is 0.299 e. The van der Waals surface area contributed by atoms with E-state index in [0.717, 1.165) is 24.3 Å². The Labute approximate surface area is 112 Å². The Kier molecular flexibility index (Phi) is 4.26. The average molecular weight is 264 g/mol. The van der Waals surface area contributed by atoms with Gasteiger partial charge in [-0.2, -0.15) is 5.26 Å². The van der Waals surface area contributed by atoms with Gasteiger partial charge in [-0.1, -0.05) is 6.92 Å². The van der Waals surface area contributed by atoms with Crippen LogP contribution in [-0.4, -0.2) is 17.8 Å². The number of benzene rings is 1. The number of nitrogens with zero attached hydrogens (tertiary/aromatic N) is 1. The molecule has 1 aliphatic carbocycles. The van der Waals surface area contributed by atoms with Crippen LogP contribution < -0.4 is 5.32 Å². The molecule has 1 unspecified atom stereocenters. The number of hydrogen-bond acceptors (Lipinski definition) is 3. The van der Waals surface area contributed by atoms with Gasteiger partial charge in [-0.05, 0) is 49.6 Å². The lowest BCUT2D eigenvalue weighted by Crippen LogP contribution is -2.48. The third-order valence-electron chi connectivity index (χ3n) is 3.25. The van der Waals surface area contributed by atoms with Gasteiger partial charge in [-0.15, -0.1) is 11.8 Å². The van der Waals surface area contributed by atoms with E-state index in [2.05, 4.69) is 11.4 Å². The van der Waals surface area contributed by atoms with Crippen molar-refractivity contribution in [3.63, 3.8) is 0 Å². The lowest BCUT2D eigenvalue weighted by Gasteiger charge is -2.27. The molecular weight excluding hydrogens is 247 g/mol. The first kappa shape index (κ1) is 13.4. The number of hydrogen-bond donors (Lipinski definition) is 1. The van der Waals surface area contributed by atoms with Gasteiger partial charge in [0.05, 0.1) is 6.07 Å². The second-order valence-corrected chi connectivity index (χ2v) is 5.68. The molecule has 0 heterocycles. The number of nitrogens with one attached hydrogen (secondary N) is 1. The summed E-state index contributed by atoms with van der Waals surface area (Å²) < 4.78 is 12.8. The first-order valence-electron chi connectivity index (χ1n) is 6.25. The summed E-state index contributed by atoms with van der Waals surface area (Å²) in [5.74, 6) is 0.961. The number of thioether (sulfide) groups is 1. The Morgan fingerprint density at radius 1 is 1.44 bits per heavy atom. The highest BCUT2D eigenvalue weighted by atomic mass is 32.2. The minimum atomic E-state index is -0.423. The second kappa shape index (κ2) is 5.73. The van der Waals surface area contributed by atoms with Crippen LogP contribution in [0.3, 0.4) is 0 Å². The van der Waals surface area contributed by atoms with Crippen molar-refractivity contribution in [1.29, 1.82) is 5.26 Å². The van der Waals surface area contributed by atoms with Crippen LogP contribution in [0.2, 0.25) is 0 Å². The van der Waals surface area contributed by atoms with E-state index < -0.39 is 5.54 Å². The molecule has 0 spiro atoms. The highest BCUT2D eigenvalue weighted by Crippen LogP contribution is 2.42. The summed E-state index contributed by atoms with van der Waals surface area (Å²) in [6.07, 6.45) is 2.26. The summed E-state index contributed by atoms with van der Waals surface area (Å²) >= 11 is 1.62. The van der Waals surface area contributed by atoms with E-state index in [1.165, 1.54) is 12.1 Å². The van der Waals surface area contributed by atoms with Crippen LogP contribution in [-0.2, 0) is 0 Å². The van der Waals surface area contributed by atoms with E-state index >= 15 is 0 Å². The molecule has 2 nitrogen and oxygen atoms in total. The maximum atomic E-state index is 12.8. The molecule has 1 aromatic rings. The molecule has 1 aromatic carbocycles. The molecule has 2 rings (SSSR count). The molecule has 0 bridgehead atoms. The fourth-order valence-electron chi connectivity index (χ4n) is 2.10. The molecule has 0 radical (unpaired) electrons. The molecule has 1 N–H and O–H groups in total. The van der Waals surface area contributed by atoms with Gasteiger partial charge in [0.15, 0.2) is 0 Å². The van der Waals surface area contributed by atoms with Crippen LogP contribution in [0.25, 0.3) is 0 Å². The summed E-state index contributed by atoms with van der Waals surface area (Å²) in [6.45, 7) is 2.82. The molecule has 1 atom stereocenters. The Hall–Kier alpha value is -1.05. The van der Waals surface area contributed by atoms with Gasteiger partial charge in [0, 0.05) is 10.6 Å². The number of nitriles is 1. The maximum absolute atomic E-state index is 12.8. The summed E-state index contributed by atoms with van der Waals surface area (Å²) in [5.41, 5.74) is -0.423. The van der Waals surface area contributed by atoms with E-state index in [4.69, 9.17) is 0 Å². The van der Waals surface area contributed by atoms with E-state index in [9.17, 15) is 9.65 Å². The van der Waals surface area contributed by atoms with Crippen molar-refractivity contribution in [1.82, 2.24) is 5.32 Å². The van der Waals surface area contributed by atoms with Gasteiger partial charge >= 0.3 is 0 Å². The van der Waals surface area contributed by atoms with E-state index in [1.807, 2.05) is 6.92 Å². The fraction of sp³-hybridized carbons (Fsp3) is 0.500. The lowest BCUT2D eigenvalue weighted by atomic mass is 9.98. The molecule has 4 heteroatoms. The van der Waals surface area contributed by atoms with Gasteiger partial charge in [0.25, 0.3) is 0 Å². The highest BCUT2D eigenvalue weighted by molar-refractivity contribution is 7.99. The van der Waals surface area contributed by atoms with Crippen molar-refractivity contribution in [3.8, 4) is 6.07 Å². The number of halogens is 1. The average Bonchev–Trinajstić information content (AvgIpc) is 3.21. The van der Waals surface area contributed by atoms with Gasteiger partial charge in [-0.25, -0.2) is 4.39 Å². The maximum Gasteiger partial charge on any atom is 0.123 e. The summed E-state index contributed by atoms with van der Waals surface area (Å²) in [4.78, 5) is 1.01. The van der Waals surface area contributed by atoms with Crippen LogP contribution in [0.1, 0.15) is 19.8 Å². The van der Waals surface area contributed by atoms with Crippen LogP contribution in [0.4, 0.5) is 4.39 Å². The quantitative estimate of drug-likeness (QED) is 0.801. The Morgan fingerprint density at radius 3 is 2.61 bits per heavy atom. The van der Waals surface area contributed by atoms with Gasteiger partial charge in [-0.3, -0.25) is 5.32 Å². The van der Waals surface area contributed by atoms with Gasteiger partial charge in [0.2, 0.25) is 0 Å². The van der Waals surface area contributed by atoms with Crippen LogP contribution in [0.5, 0.6) is 0 Å². The zero-order chi connectivity index (χ0) is 13.0. The van der Waals surface area contributed by atoms with E-state index in [1.54, 1.807) is 23.9 Å². The van der Waals surface area contributed by atoms with E-state index in [0.29, 0.717) is 11.7 Å². The van der Waals surface area contributed by atoms with Crippen molar-refractivity contribution in [2.24, 2.45) is 5.92 Å². The van der Waals surface area contributed by atoms with Gasteiger partial charge < -0.3 is 0 Å². The minimum Gasteiger partial charge on any atom is -0.299 e. The first-order valence-corrected chi connectivity index (χ1v) is 7.23. The normalized spacial score (nSPS) is 18.1. The Morgan fingerprint density at radius 2 is 2.11 bits per heavy atom. The molecule has 96 valence electrons. The molecule has 18 heavy (non-hydrogen) atoms. The lowest BCUT2D eigenvalue weighted by molar-refractivity contribution is 0.416. The fourth-order valence-corrected chi connectivity index (χ4v) is 3.22. The number of rotatable bonds is 6. The standard InChI is InChI=1S/C14H17FN2S/c1-2-17-14(9-16,11-3-4-11)10-18-13-7-5-12(15)6-8-13/h5-8,11,17H,2-4,10H2,1H3. The van der Waals surface area contributed by atoms with Crippen molar-refractivity contribution < 1.29 is 4.39 Å². The van der Waals surface area contributed by atoms with Gasteiger partial charge in [0.1, 0.15) is 11.4 Å². The van der Waals surface area contributed by atoms with Crippen LogP contribution >= 0.6 is 11.8 Å². The molecular formula is C14H17FN2S. The molecule has 0 aliphatic heterocycles. The molecule has 1 aliphatic rings. The highest BCUT2D eigenvalue weighted by Gasteiger charge is 2.45. The van der Waals surface area contributed by atoms with Crippen LogP contribution in [0, 0.1) is 23.1 Å². The zero-order valence-electron chi connectivity index (χ0n) is 10.4. The third kappa shape index (κ3) is 3.04. The minimum absolute atomic E-state index is 0.222. The zero-order valence-corrected chi connectivity index (χ0v) is 11.3. The predicted molar refractivity (Wildman–Crippen MR) is 71.9 cm³/mol. The summed E-state index contributed by atoms with van der Waals surface area (Å²) in [5, 5.41) is 12.8. The van der Waals surface area contributed by atoms with E-state index in [-0.39, 0.29) is 5.82 Å². The molecule has 0 saturated heterocycles. The molecule has 1 saturated carbocycles. The predicted octanol–water partition coefficient (Wildman–Crippen LogP) is 3.20. The Bertz CT molecular complexity index is 436. The molecule has 0 amide bonds. The second-order valence-electron chi connectivity index (χ2n) is 4.63. The molecule has 1 fully saturated rings. The Balaban J connectivity index is 2.01. The smallest absolute Gasteiger partial charge is 0.123 e.